The van der Waals surface area contributed by atoms with Gasteiger partial charge in [0, 0.05) is 42.7 Å². The third-order valence-corrected chi connectivity index (χ3v) is 9.26. The molecule has 7 heteroatoms. The molecule has 3 fully saturated rings. The molecule has 2 saturated carbocycles. The average molecular weight is 553 g/mol. The van der Waals surface area contributed by atoms with E-state index in [0.29, 0.717) is 49.4 Å². The zero-order chi connectivity index (χ0) is 28.6. The van der Waals surface area contributed by atoms with Crippen LogP contribution in [0.25, 0.3) is 22.3 Å². The average Bonchev–Trinajstić information content (AvgIpc) is 3.38. The van der Waals surface area contributed by atoms with E-state index in [9.17, 15) is 14.7 Å². The lowest BCUT2D eigenvalue weighted by Crippen LogP contribution is -2.58. The lowest BCUT2D eigenvalue weighted by Gasteiger charge is -2.49. The number of aliphatic hydroxyl groups is 1. The highest BCUT2D eigenvalue weighted by Gasteiger charge is 2.49. The van der Waals surface area contributed by atoms with Crippen molar-refractivity contribution >= 4 is 17.6 Å². The molecule has 3 aliphatic rings. The van der Waals surface area contributed by atoms with Crippen molar-refractivity contribution in [2.75, 3.05) is 11.9 Å². The maximum absolute atomic E-state index is 13.0. The Kier molecular flexibility index (Phi) is 7.43. The van der Waals surface area contributed by atoms with Crippen molar-refractivity contribution < 1.29 is 14.7 Å². The number of carbonyl (C=O) groups is 2. The van der Waals surface area contributed by atoms with E-state index in [4.69, 9.17) is 5.73 Å². The van der Waals surface area contributed by atoms with Gasteiger partial charge in [0.1, 0.15) is 5.82 Å². The van der Waals surface area contributed by atoms with Crippen LogP contribution in [0.15, 0.2) is 66.9 Å². The Morgan fingerprint density at radius 1 is 1.02 bits per heavy atom. The van der Waals surface area contributed by atoms with Crippen molar-refractivity contribution in [3.05, 3.63) is 72.4 Å². The number of hydrogen-bond donors (Lipinski definition) is 3. The fourth-order valence-corrected chi connectivity index (χ4v) is 7.28. The lowest BCUT2D eigenvalue weighted by molar-refractivity contribution is -0.130. The molecule has 1 saturated heterocycles. The van der Waals surface area contributed by atoms with E-state index in [1.165, 1.54) is 0 Å². The van der Waals surface area contributed by atoms with Crippen LogP contribution >= 0.6 is 0 Å². The maximum atomic E-state index is 13.0. The number of amides is 2. The first-order chi connectivity index (χ1) is 19.7. The Bertz CT molecular complexity index is 1400. The summed E-state index contributed by atoms with van der Waals surface area (Å²) in [5, 5.41) is 13.3. The molecule has 0 bridgehead atoms. The molecular formula is C34H40N4O3. The zero-order valence-corrected chi connectivity index (χ0v) is 23.8. The first-order valence-corrected chi connectivity index (χ1v) is 15.0. The summed E-state index contributed by atoms with van der Waals surface area (Å²) in [5.41, 5.74) is 10.4. The molecule has 0 atom stereocenters. The number of aromatic nitrogens is 1. The summed E-state index contributed by atoms with van der Waals surface area (Å²) in [4.78, 5) is 31.8. The Balaban J connectivity index is 1.15. The normalized spacial score (nSPS) is 27.9. The molecule has 0 radical (unpaired) electrons. The number of rotatable bonds is 7. The van der Waals surface area contributed by atoms with Crippen LogP contribution in [0.1, 0.15) is 70.3 Å². The Hall–Kier alpha value is -3.55. The highest BCUT2D eigenvalue weighted by atomic mass is 16.3. The molecule has 0 spiro atoms. The minimum Gasteiger partial charge on any atom is -0.390 e. The predicted octanol–water partition coefficient (Wildman–Crippen LogP) is 5.62. The van der Waals surface area contributed by atoms with Crippen LogP contribution < -0.4 is 11.1 Å². The van der Waals surface area contributed by atoms with Gasteiger partial charge in [0.2, 0.25) is 11.8 Å². The van der Waals surface area contributed by atoms with Crippen molar-refractivity contribution in [3.8, 4) is 22.3 Å². The van der Waals surface area contributed by atoms with Gasteiger partial charge in [-0.25, -0.2) is 4.98 Å². The van der Waals surface area contributed by atoms with E-state index in [1.807, 2.05) is 49.5 Å². The largest absolute Gasteiger partial charge is 0.390 e. The molecule has 6 rings (SSSR count). The van der Waals surface area contributed by atoms with Gasteiger partial charge in [-0.2, -0.15) is 0 Å². The highest BCUT2D eigenvalue weighted by molar-refractivity contribution is 5.92. The first-order valence-electron chi connectivity index (χ1n) is 15.0. The summed E-state index contributed by atoms with van der Waals surface area (Å²) in [6.45, 7) is 2.72. The number of pyridine rings is 1. The van der Waals surface area contributed by atoms with Crippen molar-refractivity contribution in [2.24, 2.45) is 11.7 Å². The molecule has 2 amide bonds. The molecule has 7 nitrogen and oxygen atoms in total. The number of carbonyl (C=O) groups excluding carboxylic acids is 2. The van der Waals surface area contributed by atoms with Gasteiger partial charge in [0.15, 0.2) is 0 Å². The van der Waals surface area contributed by atoms with E-state index in [0.717, 1.165) is 66.5 Å². The Morgan fingerprint density at radius 2 is 1.71 bits per heavy atom. The number of nitrogens with two attached hydrogens (primary N) is 1. The fourth-order valence-electron chi connectivity index (χ4n) is 7.28. The smallest absolute Gasteiger partial charge is 0.225 e. The number of likely N-dealkylation sites (tertiary alicyclic amines) is 1. The second-order valence-electron chi connectivity index (χ2n) is 12.7. The number of anilines is 1. The number of hydrogen-bond acceptors (Lipinski definition) is 5. The Labute approximate surface area is 242 Å². The lowest BCUT2D eigenvalue weighted by atomic mass is 9.63. The molecule has 1 aromatic heterocycles. The number of benzene rings is 2. The van der Waals surface area contributed by atoms with Crippen molar-refractivity contribution in [2.45, 2.75) is 81.9 Å². The van der Waals surface area contributed by atoms with E-state index in [2.05, 4.69) is 39.5 Å². The SMILES string of the molecule is C[C@]1(O)C[C@@](N)(c2ccc(-c3cnc(NC(=O)C[C@H]4CC[C@H](N5CCCC5=O)CC4)cc3-c3ccccc3)cc2)C1. The van der Waals surface area contributed by atoms with Crippen molar-refractivity contribution in [3.63, 3.8) is 0 Å². The standard InChI is InChI=1S/C34H40N4O3/c1-33(41)21-34(35,22-33)26-13-11-25(12-14-26)29-20-36-30(19-28(29)24-6-3-2-4-7-24)37-31(39)18-23-9-15-27(16-10-23)38-17-5-8-32(38)40/h2-4,6-7,11-14,19-20,23,27,41H,5,8-10,15-18,21-22,35H2,1H3,(H,36,37,39)/t23-,27-,33-,34-. The van der Waals surface area contributed by atoms with Gasteiger partial charge in [0.25, 0.3) is 0 Å². The highest BCUT2D eigenvalue weighted by Crippen LogP contribution is 2.46. The molecule has 3 aromatic rings. The van der Waals surface area contributed by atoms with Crippen molar-refractivity contribution in [1.82, 2.24) is 9.88 Å². The van der Waals surface area contributed by atoms with Gasteiger partial charge in [-0.3, -0.25) is 9.59 Å². The maximum Gasteiger partial charge on any atom is 0.225 e. The molecule has 2 heterocycles. The molecular weight excluding hydrogens is 512 g/mol. The molecule has 214 valence electrons. The van der Waals surface area contributed by atoms with Gasteiger partial charge < -0.3 is 21.1 Å². The van der Waals surface area contributed by atoms with Crippen LogP contribution in [0.3, 0.4) is 0 Å². The monoisotopic (exact) mass is 552 g/mol. The van der Waals surface area contributed by atoms with Crippen LogP contribution in [0, 0.1) is 5.92 Å². The zero-order valence-electron chi connectivity index (χ0n) is 23.8. The fraction of sp³-hybridized carbons (Fsp3) is 0.441. The van der Waals surface area contributed by atoms with Gasteiger partial charge in [-0.05, 0) is 86.1 Å². The minimum absolute atomic E-state index is 0.0149. The Morgan fingerprint density at radius 3 is 2.34 bits per heavy atom. The topological polar surface area (TPSA) is 109 Å². The van der Waals surface area contributed by atoms with Gasteiger partial charge in [0.05, 0.1) is 5.60 Å². The first kappa shape index (κ1) is 27.6. The number of nitrogens with one attached hydrogen (secondary N) is 1. The van der Waals surface area contributed by atoms with Crippen LogP contribution in [0.5, 0.6) is 0 Å². The summed E-state index contributed by atoms with van der Waals surface area (Å²) in [6, 6.07) is 20.6. The second kappa shape index (κ2) is 11.0. The van der Waals surface area contributed by atoms with E-state index >= 15 is 0 Å². The van der Waals surface area contributed by atoms with Crippen LogP contribution in [0.4, 0.5) is 5.82 Å². The molecule has 41 heavy (non-hydrogen) atoms. The summed E-state index contributed by atoms with van der Waals surface area (Å²) in [7, 11) is 0. The van der Waals surface area contributed by atoms with E-state index in [1.54, 1.807) is 0 Å². The van der Waals surface area contributed by atoms with Gasteiger partial charge in [-0.1, -0.05) is 54.6 Å². The quantitative estimate of drug-likeness (QED) is 0.352. The van der Waals surface area contributed by atoms with E-state index < -0.39 is 11.1 Å². The summed E-state index contributed by atoms with van der Waals surface area (Å²) in [6.07, 6.45) is 8.97. The summed E-state index contributed by atoms with van der Waals surface area (Å²) < 4.78 is 0. The van der Waals surface area contributed by atoms with E-state index in [-0.39, 0.29) is 5.91 Å². The summed E-state index contributed by atoms with van der Waals surface area (Å²) in [5.74, 6) is 1.16. The summed E-state index contributed by atoms with van der Waals surface area (Å²) >= 11 is 0. The van der Waals surface area contributed by atoms with Crippen LogP contribution in [-0.2, 0) is 15.1 Å². The number of nitrogens with zero attached hydrogens (tertiary/aromatic N) is 2. The molecule has 4 N–H and O–H groups in total. The third-order valence-electron chi connectivity index (χ3n) is 9.26. The van der Waals surface area contributed by atoms with Crippen LogP contribution in [-0.4, -0.2) is 45.0 Å². The van der Waals surface area contributed by atoms with Gasteiger partial charge >= 0.3 is 0 Å². The molecule has 2 aliphatic carbocycles. The second-order valence-corrected chi connectivity index (χ2v) is 12.7. The van der Waals surface area contributed by atoms with Crippen molar-refractivity contribution in [1.29, 1.82) is 0 Å². The predicted molar refractivity (Wildman–Crippen MR) is 161 cm³/mol. The minimum atomic E-state index is -0.703. The third kappa shape index (κ3) is 5.92. The van der Waals surface area contributed by atoms with Gasteiger partial charge in [-0.15, -0.1) is 0 Å². The molecule has 2 aromatic carbocycles. The molecule has 1 aliphatic heterocycles. The van der Waals surface area contributed by atoms with Crippen LogP contribution in [0.2, 0.25) is 0 Å². The molecule has 0 unspecified atom stereocenters.